The van der Waals surface area contributed by atoms with E-state index >= 15 is 0 Å². The Balaban J connectivity index is 1.54. The van der Waals surface area contributed by atoms with Gasteiger partial charge in [-0.2, -0.15) is 0 Å². The summed E-state index contributed by atoms with van der Waals surface area (Å²) in [6, 6.07) is 8.07. The van der Waals surface area contributed by atoms with Crippen LogP contribution in [-0.2, 0) is 0 Å². The van der Waals surface area contributed by atoms with Gasteiger partial charge in [0, 0.05) is 43.0 Å². The number of hydrogen-bond donors (Lipinski definition) is 1. The second-order valence-electron chi connectivity index (χ2n) is 7.21. The number of nitro groups is 1. The number of nitrogens with zero attached hydrogens (tertiary/aromatic N) is 3. The lowest BCUT2D eigenvalue weighted by atomic mass is 9.96. The van der Waals surface area contributed by atoms with Crippen LogP contribution in [0.15, 0.2) is 41.6 Å². The van der Waals surface area contributed by atoms with Crippen LogP contribution in [0.4, 0.5) is 5.69 Å². The minimum absolute atomic E-state index is 0.0119. The van der Waals surface area contributed by atoms with Gasteiger partial charge in [0.15, 0.2) is 0 Å². The van der Waals surface area contributed by atoms with Crippen LogP contribution in [0.25, 0.3) is 0 Å². The zero-order valence-electron chi connectivity index (χ0n) is 17.0. The molecular formula is C21H24N4O4S. The zero-order valence-corrected chi connectivity index (χ0v) is 17.8. The summed E-state index contributed by atoms with van der Waals surface area (Å²) in [6.07, 6.45) is 5.15. The molecule has 3 rings (SSSR count). The number of pyridine rings is 1. The number of benzene rings is 1. The third-order valence-corrected chi connectivity index (χ3v) is 6.11. The first-order chi connectivity index (χ1) is 14.4. The molecule has 158 valence electrons. The van der Waals surface area contributed by atoms with Crippen molar-refractivity contribution in [2.45, 2.75) is 24.8 Å². The number of nitro benzene ring substituents is 1. The van der Waals surface area contributed by atoms with Crippen LogP contribution >= 0.6 is 11.8 Å². The summed E-state index contributed by atoms with van der Waals surface area (Å²) >= 11 is 1.45. The van der Waals surface area contributed by atoms with Crippen molar-refractivity contribution in [2.75, 3.05) is 25.9 Å². The smallest absolute Gasteiger partial charge is 0.273 e. The monoisotopic (exact) mass is 428 g/mol. The van der Waals surface area contributed by atoms with Gasteiger partial charge in [-0.3, -0.25) is 19.7 Å². The average molecular weight is 429 g/mol. The van der Waals surface area contributed by atoms with Crippen LogP contribution in [0, 0.1) is 23.0 Å². The quantitative estimate of drug-likeness (QED) is 0.430. The van der Waals surface area contributed by atoms with E-state index < -0.39 is 4.92 Å². The topological polar surface area (TPSA) is 105 Å². The molecule has 0 aliphatic carbocycles. The van der Waals surface area contributed by atoms with Crippen LogP contribution in [0.1, 0.15) is 39.1 Å². The highest BCUT2D eigenvalue weighted by molar-refractivity contribution is 7.98. The predicted octanol–water partition coefficient (Wildman–Crippen LogP) is 3.30. The lowest BCUT2D eigenvalue weighted by Gasteiger charge is -2.32. The lowest BCUT2D eigenvalue weighted by Crippen LogP contribution is -2.41. The van der Waals surface area contributed by atoms with E-state index in [9.17, 15) is 19.7 Å². The number of piperidine rings is 1. The Hall–Kier alpha value is -2.94. The summed E-state index contributed by atoms with van der Waals surface area (Å²) in [7, 11) is 0. The molecule has 0 radical (unpaired) electrons. The predicted molar refractivity (Wildman–Crippen MR) is 115 cm³/mol. The first-order valence-corrected chi connectivity index (χ1v) is 10.9. The van der Waals surface area contributed by atoms with Crippen molar-refractivity contribution in [1.82, 2.24) is 15.2 Å². The van der Waals surface area contributed by atoms with Crippen molar-refractivity contribution in [2.24, 2.45) is 5.92 Å². The van der Waals surface area contributed by atoms with Crippen molar-refractivity contribution < 1.29 is 14.5 Å². The van der Waals surface area contributed by atoms with Gasteiger partial charge in [-0.25, -0.2) is 4.98 Å². The number of carbonyl (C=O) groups excluding carboxylic acids is 2. The molecule has 0 atom stereocenters. The molecule has 1 fully saturated rings. The zero-order chi connectivity index (χ0) is 21.7. The number of rotatable bonds is 6. The minimum atomic E-state index is -0.483. The molecule has 1 aliphatic heterocycles. The largest absolute Gasteiger partial charge is 0.352 e. The molecule has 1 aromatic carbocycles. The van der Waals surface area contributed by atoms with Gasteiger partial charge in [0.25, 0.3) is 17.5 Å². The van der Waals surface area contributed by atoms with Gasteiger partial charge in [0.05, 0.1) is 10.5 Å². The van der Waals surface area contributed by atoms with Gasteiger partial charge >= 0.3 is 0 Å². The lowest BCUT2D eigenvalue weighted by molar-refractivity contribution is -0.385. The molecule has 1 N–H and O–H groups in total. The van der Waals surface area contributed by atoms with Crippen molar-refractivity contribution in [3.05, 3.63) is 63.3 Å². The molecule has 0 bridgehead atoms. The highest BCUT2D eigenvalue weighted by Gasteiger charge is 2.26. The first kappa shape index (κ1) is 21.8. The maximum atomic E-state index is 12.8. The molecule has 1 saturated heterocycles. The highest BCUT2D eigenvalue weighted by atomic mass is 32.2. The standard InChI is InChI=1S/C21H24N4O4S/c1-14-16(5-3-7-18(14)25(28)29)19(26)23-13-15-8-11-24(12-9-15)21(27)17-6-4-10-22-20(17)30-2/h3-7,10,15H,8-9,11-13H2,1-2H3,(H,23,26). The van der Waals surface area contributed by atoms with E-state index in [0.717, 1.165) is 17.9 Å². The van der Waals surface area contributed by atoms with Crippen molar-refractivity contribution >= 4 is 29.3 Å². The Morgan fingerprint density at radius 3 is 2.60 bits per heavy atom. The van der Waals surface area contributed by atoms with E-state index in [1.54, 1.807) is 31.3 Å². The fourth-order valence-electron chi connectivity index (χ4n) is 3.63. The van der Waals surface area contributed by atoms with Gasteiger partial charge in [-0.15, -0.1) is 11.8 Å². The van der Waals surface area contributed by atoms with E-state index in [-0.39, 0.29) is 23.4 Å². The van der Waals surface area contributed by atoms with Gasteiger partial charge in [-0.05, 0) is 50.1 Å². The molecule has 1 aromatic heterocycles. The molecule has 30 heavy (non-hydrogen) atoms. The normalized spacial score (nSPS) is 14.4. The molecule has 2 heterocycles. The number of likely N-dealkylation sites (tertiary alicyclic amines) is 1. The summed E-state index contributed by atoms with van der Waals surface area (Å²) in [5.74, 6) is -0.0669. The number of amides is 2. The Labute approximate surface area is 179 Å². The van der Waals surface area contributed by atoms with E-state index in [4.69, 9.17) is 0 Å². The van der Waals surface area contributed by atoms with Crippen LogP contribution in [0.5, 0.6) is 0 Å². The minimum Gasteiger partial charge on any atom is -0.352 e. The maximum absolute atomic E-state index is 12.8. The Morgan fingerprint density at radius 1 is 1.23 bits per heavy atom. The molecule has 9 heteroatoms. The SMILES string of the molecule is CSc1ncccc1C(=O)N1CCC(CNC(=O)c2cccc([N+](=O)[O-])c2C)CC1. The molecule has 8 nitrogen and oxygen atoms in total. The molecule has 1 aliphatic rings. The van der Waals surface area contributed by atoms with Crippen molar-refractivity contribution in [3.63, 3.8) is 0 Å². The third kappa shape index (κ3) is 4.79. The number of carbonyl (C=O) groups is 2. The van der Waals surface area contributed by atoms with E-state index in [1.807, 2.05) is 11.2 Å². The molecule has 0 unspecified atom stereocenters. The fraction of sp³-hybridized carbons (Fsp3) is 0.381. The fourth-order valence-corrected chi connectivity index (χ4v) is 4.17. The van der Waals surface area contributed by atoms with Crippen LogP contribution in [-0.4, -0.2) is 52.5 Å². The van der Waals surface area contributed by atoms with Gasteiger partial charge in [0.2, 0.25) is 0 Å². The first-order valence-electron chi connectivity index (χ1n) is 9.72. The van der Waals surface area contributed by atoms with Crippen molar-refractivity contribution in [3.8, 4) is 0 Å². The summed E-state index contributed by atoms with van der Waals surface area (Å²) in [5.41, 5.74) is 1.24. The Morgan fingerprint density at radius 2 is 1.93 bits per heavy atom. The van der Waals surface area contributed by atoms with Crippen LogP contribution < -0.4 is 5.32 Å². The summed E-state index contributed by atoms with van der Waals surface area (Å²) in [6.45, 7) is 3.31. The van der Waals surface area contributed by atoms with Crippen LogP contribution in [0.2, 0.25) is 0 Å². The van der Waals surface area contributed by atoms with E-state index in [0.29, 0.717) is 36.3 Å². The molecule has 2 amide bonds. The highest BCUT2D eigenvalue weighted by Crippen LogP contribution is 2.24. The third-order valence-electron chi connectivity index (χ3n) is 5.39. The molecule has 0 spiro atoms. The number of aromatic nitrogens is 1. The second kappa shape index (κ2) is 9.71. The average Bonchev–Trinajstić information content (AvgIpc) is 2.77. The maximum Gasteiger partial charge on any atom is 0.273 e. The second-order valence-corrected chi connectivity index (χ2v) is 8.01. The number of thioether (sulfide) groups is 1. The summed E-state index contributed by atoms with van der Waals surface area (Å²) in [5, 5.41) is 14.7. The Bertz CT molecular complexity index is 958. The summed E-state index contributed by atoms with van der Waals surface area (Å²) in [4.78, 5) is 42.0. The van der Waals surface area contributed by atoms with Gasteiger partial charge in [0.1, 0.15) is 5.03 Å². The molecule has 2 aromatic rings. The van der Waals surface area contributed by atoms with Gasteiger partial charge in [-0.1, -0.05) is 6.07 Å². The number of nitrogens with one attached hydrogen (secondary N) is 1. The van der Waals surface area contributed by atoms with E-state index in [2.05, 4.69) is 10.3 Å². The molecule has 0 saturated carbocycles. The Kier molecular flexibility index (Phi) is 7.04. The number of hydrogen-bond acceptors (Lipinski definition) is 6. The summed E-state index contributed by atoms with van der Waals surface area (Å²) < 4.78 is 0. The van der Waals surface area contributed by atoms with Crippen molar-refractivity contribution in [1.29, 1.82) is 0 Å². The molecular weight excluding hydrogens is 404 g/mol. The van der Waals surface area contributed by atoms with E-state index in [1.165, 1.54) is 23.9 Å². The van der Waals surface area contributed by atoms with Crippen LogP contribution in [0.3, 0.4) is 0 Å². The van der Waals surface area contributed by atoms with Gasteiger partial charge < -0.3 is 10.2 Å².